The Labute approximate surface area is 98.3 Å². The molecule has 1 nitrogen and oxygen atoms in total. The second-order valence-electron chi connectivity index (χ2n) is 5.67. The Balaban J connectivity index is 1.67. The molecule has 1 aromatic rings. The molecule has 0 saturated carbocycles. The van der Waals surface area contributed by atoms with Gasteiger partial charge in [-0.05, 0) is 50.5 Å². The van der Waals surface area contributed by atoms with Crippen molar-refractivity contribution < 1.29 is 0 Å². The highest BCUT2D eigenvalue weighted by Gasteiger charge is 2.33. The quantitative estimate of drug-likeness (QED) is 0.799. The van der Waals surface area contributed by atoms with E-state index in [-0.39, 0.29) is 0 Å². The van der Waals surface area contributed by atoms with Gasteiger partial charge >= 0.3 is 0 Å². The Kier molecular flexibility index (Phi) is 2.72. The fraction of sp³-hybridized carbons (Fsp3) is 0.600. The van der Waals surface area contributed by atoms with Gasteiger partial charge in [-0.2, -0.15) is 0 Å². The number of hydrogen-bond donors (Lipinski definition) is 1. The SMILES string of the molecule is Cc1cccc(CC2CC3CCC(C2)N3)c1. The summed E-state index contributed by atoms with van der Waals surface area (Å²) in [7, 11) is 0. The van der Waals surface area contributed by atoms with E-state index in [1.165, 1.54) is 43.2 Å². The first kappa shape index (κ1) is 10.3. The van der Waals surface area contributed by atoms with Crippen molar-refractivity contribution in [3.05, 3.63) is 35.4 Å². The van der Waals surface area contributed by atoms with Crippen molar-refractivity contribution in [2.24, 2.45) is 5.92 Å². The monoisotopic (exact) mass is 215 g/mol. The standard InChI is InChI=1S/C15H21N/c1-11-3-2-4-12(7-11)8-13-9-14-5-6-15(10-13)16-14/h2-4,7,13-16H,5-6,8-10H2,1H3. The fourth-order valence-electron chi connectivity index (χ4n) is 3.51. The third-order valence-corrected chi connectivity index (χ3v) is 4.18. The molecular formula is C15H21N. The van der Waals surface area contributed by atoms with Crippen LogP contribution in [0.2, 0.25) is 0 Å². The average molecular weight is 215 g/mol. The van der Waals surface area contributed by atoms with Crippen molar-refractivity contribution in [1.82, 2.24) is 5.32 Å². The molecule has 0 aromatic heterocycles. The van der Waals surface area contributed by atoms with Gasteiger partial charge in [0.15, 0.2) is 0 Å². The Bertz CT molecular complexity index is 359. The molecule has 2 bridgehead atoms. The van der Waals surface area contributed by atoms with Crippen molar-refractivity contribution in [2.45, 2.75) is 51.1 Å². The molecular weight excluding hydrogens is 194 g/mol. The lowest BCUT2D eigenvalue weighted by Gasteiger charge is -2.29. The third kappa shape index (κ3) is 2.15. The third-order valence-electron chi connectivity index (χ3n) is 4.18. The second kappa shape index (κ2) is 4.21. The van der Waals surface area contributed by atoms with Crippen LogP contribution in [0.4, 0.5) is 0 Å². The lowest BCUT2D eigenvalue weighted by molar-refractivity contribution is 0.298. The fourth-order valence-corrected chi connectivity index (χ4v) is 3.51. The van der Waals surface area contributed by atoms with E-state index in [1.54, 1.807) is 0 Å². The molecule has 2 atom stereocenters. The van der Waals surface area contributed by atoms with Gasteiger partial charge < -0.3 is 5.32 Å². The first-order valence-corrected chi connectivity index (χ1v) is 6.61. The highest BCUT2D eigenvalue weighted by Crippen LogP contribution is 2.32. The van der Waals surface area contributed by atoms with Crippen LogP contribution in [0.5, 0.6) is 0 Å². The largest absolute Gasteiger partial charge is 0.311 e. The smallest absolute Gasteiger partial charge is 0.00729 e. The molecule has 0 amide bonds. The van der Waals surface area contributed by atoms with Crippen molar-refractivity contribution in [1.29, 1.82) is 0 Å². The zero-order chi connectivity index (χ0) is 11.0. The number of piperidine rings is 1. The Hall–Kier alpha value is -0.820. The minimum absolute atomic E-state index is 0.827. The van der Waals surface area contributed by atoms with Gasteiger partial charge in [-0.15, -0.1) is 0 Å². The highest BCUT2D eigenvalue weighted by molar-refractivity contribution is 5.22. The average Bonchev–Trinajstić information content (AvgIpc) is 2.58. The predicted octanol–water partition coefficient (Wildman–Crippen LogP) is 3.07. The molecule has 1 heteroatoms. The van der Waals surface area contributed by atoms with Crippen LogP contribution in [0.25, 0.3) is 0 Å². The molecule has 2 aliphatic rings. The van der Waals surface area contributed by atoms with Crippen LogP contribution in [0, 0.1) is 12.8 Å². The second-order valence-corrected chi connectivity index (χ2v) is 5.67. The molecule has 0 spiro atoms. The molecule has 2 heterocycles. The van der Waals surface area contributed by atoms with Crippen LogP contribution < -0.4 is 5.32 Å². The van der Waals surface area contributed by atoms with Crippen molar-refractivity contribution in [3.8, 4) is 0 Å². The predicted molar refractivity (Wildman–Crippen MR) is 67.6 cm³/mol. The van der Waals surface area contributed by atoms with E-state index in [9.17, 15) is 0 Å². The summed E-state index contributed by atoms with van der Waals surface area (Å²) in [5.74, 6) is 0.917. The van der Waals surface area contributed by atoms with E-state index in [4.69, 9.17) is 0 Å². The summed E-state index contributed by atoms with van der Waals surface area (Å²) in [4.78, 5) is 0. The lowest BCUT2D eigenvalue weighted by atomic mass is 9.87. The number of benzene rings is 1. The normalized spacial score (nSPS) is 32.9. The van der Waals surface area contributed by atoms with Gasteiger partial charge in [-0.25, -0.2) is 0 Å². The topological polar surface area (TPSA) is 12.0 Å². The van der Waals surface area contributed by atoms with Crippen molar-refractivity contribution in [2.75, 3.05) is 0 Å². The molecule has 3 rings (SSSR count). The van der Waals surface area contributed by atoms with E-state index >= 15 is 0 Å². The Morgan fingerprint density at radius 3 is 2.62 bits per heavy atom. The maximum Gasteiger partial charge on any atom is 0.00729 e. The first-order valence-electron chi connectivity index (χ1n) is 6.61. The summed E-state index contributed by atoms with van der Waals surface area (Å²) < 4.78 is 0. The van der Waals surface area contributed by atoms with E-state index in [0.29, 0.717) is 0 Å². The molecule has 0 aliphatic carbocycles. The van der Waals surface area contributed by atoms with Gasteiger partial charge in [0.25, 0.3) is 0 Å². The summed E-state index contributed by atoms with van der Waals surface area (Å²) in [6.07, 6.45) is 6.90. The Morgan fingerprint density at radius 1 is 1.19 bits per heavy atom. The van der Waals surface area contributed by atoms with E-state index < -0.39 is 0 Å². The zero-order valence-corrected chi connectivity index (χ0v) is 10.1. The van der Waals surface area contributed by atoms with Crippen molar-refractivity contribution >= 4 is 0 Å². The number of nitrogens with one attached hydrogen (secondary N) is 1. The van der Waals surface area contributed by atoms with Gasteiger partial charge in [0, 0.05) is 12.1 Å². The minimum atomic E-state index is 0.827. The van der Waals surface area contributed by atoms with Crippen LogP contribution >= 0.6 is 0 Å². The highest BCUT2D eigenvalue weighted by atomic mass is 15.0. The molecule has 16 heavy (non-hydrogen) atoms. The maximum absolute atomic E-state index is 3.72. The molecule has 2 fully saturated rings. The van der Waals surface area contributed by atoms with Gasteiger partial charge in [0.05, 0.1) is 0 Å². The van der Waals surface area contributed by atoms with Gasteiger partial charge in [0.2, 0.25) is 0 Å². The van der Waals surface area contributed by atoms with Crippen LogP contribution in [0.3, 0.4) is 0 Å². The van der Waals surface area contributed by atoms with E-state index in [1.807, 2.05) is 0 Å². The van der Waals surface area contributed by atoms with Gasteiger partial charge in [0.1, 0.15) is 0 Å². The zero-order valence-electron chi connectivity index (χ0n) is 10.1. The summed E-state index contributed by atoms with van der Waals surface area (Å²) in [6.45, 7) is 2.19. The van der Waals surface area contributed by atoms with E-state index in [2.05, 4.69) is 36.5 Å². The molecule has 2 unspecified atom stereocenters. The Morgan fingerprint density at radius 2 is 1.94 bits per heavy atom. The summed E-state index contributed by atoms with van der Waals surface area (Å²) in [5.41, 5.74) is 2.93. The molecule has 1 N–H and O–H groups in total. The van der Waals surface area contributed by atoms with Gasteiger partial charge in [-0.1, -0.05) is 29.8 Å². The molecule has 1 aromatic carbocycles. The number of fused-ring (bicyclic) bond motifs is 2. The van der Waals surface area contributed by atoms with Crippen LogP contribution in [0.1, 0.15) is 36.8 Å². The van der Waals surface area contributed by atoms with Crippen LogP contribution in [0.15, 0.2) is 24.3 Å². The number of rotatable bonds is 2. The van der Waals surface area contributed by atoms with Crippen LogP contribution in [-0.4, -0.2) is 12.1 Å². The number of aryl methyl sites for hydroxylation is 1. The first-order chi connectivity index (χ1) is 7.79. The van der Waals surface area contributed by atoms with Gasteiger partial charge in [-0.3, -0.25) is 0 Å². The van der Waals surface area contributed by atoms with Crippen LogP contribution in [-0.2, 0) is 6.42 Å². The summed E-state index contributed by atoms with van der Waals surface area (Å²) >= 11 is 0. The lowest BCUT2D eigenvalue weighted by Crippen LogP contribution is -2.38. The van der Waals surface area contributed by atoms with Crippen molar-refractivity contribution in [3.63, 3.8) is 0 Å². The maximum atomic E-state index is 3.72. The minimum Gasteiger partial charge on any atom is -0.311 e. The van der Waals surface area contributed by atoms with E-state index in [0.717, 1.165) is 18.0 Å². The summed E-state index contributed by atoms with van der Waals surface area (Å²) in [6, 6.07) is 10.7. The molecule has 2 saturated heterocycles. The molecule has 2 aliphatic heterocycles. The summed E-state index contributed by atoms with van der Waals surface area (Å²) in [5, 5.41) is 3.72. The number of hydrogen-bond acceptors (Lipinski definition) is 1. The molecule has 86 valence electrons. The molecule has 0 radical (unpaired) electrons.